The Balaban J connectivity index is 1.88. The van der Waals surface area contributed by atoms with Crippen LogP contribution < -0.4 is 10.6 Å². The number of nitrogens with one attached hydrogen (secondary N) is 2. The Morgan fingerprint density at radius 3 is 2.25 bits per heavy atom. The third-order valence-corrected chi connectivity index (χ3v) is 4.08. The van der Waals surface area contributed by atoms with Crippen molar-refractivity contribution in [2.24, 2.45) is 5.92 Å². The van der Waals surface area contributed by atoms with Gasteiger partial charge >= 0.3 is 0 Å². The molecule has 0 radical (unpaired) electrons. The number of carbonyl (C=O) groups excluding carboxylic acids is 1. The Kier molecular flexibility index (Phi) is 6.06. The molecule has 1 aromatic rings. The molecule has 2 rings (SSSR count). The quantitative estimate of drug-likeness (QED) is 0.879. The van der Waals surface area contributed by atoms with Crippen LogP contribution in [0.5, 0.6) is 0 Å². The second-order valence-corrected chi connectivity index (χ2v) is 5.76. The Morgan fingerprint density at radius 2 is 1.65 bits per heavy atom. The number of anilines is 1. The van der Waals surface area contributed by atoms with E-state index < -0.39 is 0 Å². The largest absolute Gasteiger partial charge is 0.326 e. The number of rotatable bonds is 4. The number of carbonyl (C=O) groups is 1. The predicted octanol–water partition coefficient (Wildman–Crippen LogP) is 3.71. The first-order valence-electron chi connectivity index (χ1n) is 7.84. The van der Waals surface area contributed by atoms with E-state index >= 15 is 0 Å². The van der Waals surface area contributed by atoms with Crippen LogP contribution in [0, 0.1) is 5.92 Å². The smallest absolute Gasteiger partial charge is 0.227 e. The molecular weight excluding hydrogens is 248 g/mol. The summed E-state index contributed by atoms with van der Waals surface area (Å²) in [4.78, 5) is 12.3. The molecule has 0 spiro atoms. The van der Waals surface area contributed by atoms with Crippen LogP contribution in [-0.2, 0) is 11.3 Å². The van der Waals surface area contributed by atoms with Crippen LogP contribution in [-0.4, -0.2) is 13.0 Å². The van der Waals surface area contributed by atoms with Crippen LogP contribution in [0.2, 0.25) is 0 Å². The zero-order valence-electron chi connectivity index (χ0n) is 12.5. The molecule has 0 bridgehead atoms. The van der Waals surface area contributed by atoms with Crippen LogP contribution in [0.3, 0.4) is 0 Å². The maximum Gasteiger partial charge on any atom is 0.227 e. The molecular formula is C17H26N2O. The Labute approximate surface area is 122 Å². The fourth-order valence-corrected chi connectivity index (χ4v) is 2.87. The summed E-state index contributed by atoms with van der Waals surface area (Å²) >= 11 is 0. The van der Waals surface area contributed by atoms with E-state index in [-0.39, 0.29) is 11.8 Å². The fourth-order valence-electron chi connectivity index (χ4n) is 2.87. The number of hydrogen-bond donors (Lipinski definition) is 2. The summed E-state index contributed by atoms with van der Waals surface area (Å²) in [7, 11) is 1.93. The molecule has 1 amide bonds. The van der Waals surface area contributed by atoms with Gasteiger partial charge in [0.2, 0.25) is 5.91 Å². The highest BCUT2D eigenvalue weighted by molar-refractivity contribution is 5.92. The zero-order valence-corrected chi connectivity index (χ0v) is 12.5. The van der Waals surface area contributed by atoms with Crippen molar-refractivity contribution in [2.45, 2.75) is 51.5 Å². The van der Waals surface area contributed by atoms with Gasteiger partial charge in [-0.2, -0.15) is 0 Å². The van der Waals surface area contributed by atoms with Gasteiger partial charge in [0.25, 0.3) is 0 Å². The molecule has 1 fully saturated rings. The van der Waals surface area contributed by atoms with Gasteiger partial charge in [0.15, 0.2) is 0 Å². The number of amides is 1. The molecule has 2 N–H and O–H groups in total. The summed E-state index contributed by atoms with van der Waals surface area (Å²) in [5.74, 6) is 0.403. The van der Waals surface area contributed by atoms with Gasteiger partial charge in [0.1, 0.15) is 0 Å². The molecule has 20 heavy (non-hydrogen) atoms. The summed E-state index contributed by atoms with van der Waals surface area (Å²) in [5.41, 5.74) is 2.15. The Morgan fingerprint density at radius 1 is 1.05 bits per heavy atom. The van der Waals surface area contributed by atoms with Crippen LogP contribution in [0.4, 0.5) is 5.69 Å². The summed E-state index contributed by atoms with van der Waals surface area (Å²) in [6.07, 6.45) is 8.37. The van der Waals surface area contributed by atoms with Gasteiger partial charge in [0, 0.05) is 18.2 Å². The Hall–Kier alpha value is -1.35. The van der Waals surface area contributed by atoms with E-state index in [1.165, 1.54) is 37.7 Å². The molecule has 0 saturated heterocycles. The van der Waals surface area contributed by atoms with Crippen molar-refractivity contribution in [1.82, 2.24) is 5.32 Å². The first-order chi connectivity index (χ1) is 9.79. The zero-order chi connectivity index (χ0) is 14.2. The average Bonchev–Trinajstić information content (AvgIpc) is 2.41. The minimum absolute atomic E-state index is 0.201. The lowest BCUT2D eigenvalue weighted by Crippen LogP contribution is -2.23. The van der Waals surface area contributed by atoms with E-state index in [0.29, 0.717) is 0 Å². The first-order valence-corrected chi connectivity index (χ1v) is 7.84. The molecule has 3 nitrogen and oxygen atoms in total. The predicted molar refractivity (Wildman–Crippen MR) is 83.6 cm³/mol. The van der Waals surface area contributed by atoms with Crippen molar-refractivity contribution < 1.29 is 4.79 Å². The minimum Gasteiger partial charge on any atom is -0.326 e. The van der Waals surface area contributed by atoms with E-state index in [9.17, 15) is 4.79 Å². The third-order valence-electron chi connectivity index (χ3n) is 4.08. The highest BCUT2D eigenvalue weighted by atomic mass is 16.1. The molecule has 0 atom stereocenters. The lowest BCUT2D eigenvalue weighted by Gasteiger charge is -2.19. The fraction of sp³-hybridized carbons (Fsp3) is 0.588. The van der Waals surface area contributed by atoms with Gasteiger partial charge in [-0.25, -0.2) is 0 Å². The molecule has 0 unspecified atom stereocenters. The van der Waals surface area contributed by atoms with E-state index in [0.717, 1.165) is 25.1 Å². The van der Waals surface area contributed by atoms with E-state index in [1.807, 2.05) is 19.2 Å². The highest BCUT2D eigenvalue weighted by Gasteiger charge is 2.19. The number of hydrogen-bond acceptors (Lipinski definition) is 2. The molecule has 1 saturated carbocycles. The molecule has 0 heterocycles. The van der Waals surface area contributed by atoms with Crippen molar-refractivity contribution in [3.05, 3.63) is 29.8 Å². The van der Waals surface area contributed by atoms with Gasteiger partial charge in [-0.3, -0.25) is 4.79 Å². The molecule has 1 aliphatic rings. The summed E-state index contributed by atoms with van der Waals surface area (Å²) in [6, 6.07) is 8.11. The van der Waals surface area contributed by atoms with Crippen LogP contribution in [0.15, 0.2) is 24.3 Å². The van der Waals surface area contributed by atoms with Gasteiger partial charge in [0.05, 0.1) is 0 Å². The molecule has 0 aliphatic heterocycles. The standard InChI is InChI=1S/C17H26N2O/c1-18-13-14-9-11-16(12-10-14)19-17(20)15-7-5-3-2-4-6-8-15/h9-12,15,18H,2-8,13H2,1H3,(H,19,20). The van der Waals surface area contributed by atoms with E-state index in [1.54, 1.807) is 0 Å². The molecule has 110 valence electrons. The summed E-state index contributed by atoms with van der Waals surface area (Å²) in [6.45, 7) is 0.858. The first kappa shape index (κ1) is 15.0. The topological polar surface area (TPSA) is 41.1 Å². The SMILES string of the molecule is CNCc1ccc(NC(=O)C2CCCCCCC2)cc1. The minimum atomic E-state index is 0.201. The normalized spacial score (nSPS) is 17.2. The summed E-state index contributed by atoms with van der Waals surface area (Å²) in [5, 5.41) is 6.19. The van der Waals surface area contributed by atoms with Crippen LogP contribution >= 0.6 is 0 Å². The van der Waals surface area contributed by atoms with Crippen LogP contribution in [0.25, 0.3) is 0 Å². The molecule has 3 heteroatoms. The lowest BCUT2D eigenvalue weighted by atomic mass is 9.90. The second-order valence-electron chi connectivity index (χ2n) is 5.76. The number of benzene rings is 1. The molecule has 1 aromatic carbocycles. The molecule has 1 aliphatic carbocycles. The van der Waals surface area contributed by atoms with E-state index in [2.05, 4.69) is 22.8 Å². The maximum absolute atomic E-state index is 12.3. The lowest BCUT2D eigenvalue weighted by molar-refractivity contribution is -0.120. The average molecular weight is 274 g/mol. The van der Waals surface area contributed by atoms with Gasteiger partial charge in [-0.15, -0.1) is 0 Å². The van der Waals surface area contributed by atoms with E-state index in [4.69, 9.17) is 0 Å². The highest BCUT2D eigenvalue weighted by Crippen LogP contribution is 2.23. The van der Waals surface area contributed by atoms with Gasteiger partial charge < -0.3 is 10.6 Å². The van der Waals surface area contributed by atoms with Crippen molar-refractivity contribution in [3.63, 3.8) is 0 Å². The van der Waals surface area contributed by atoms with Gasteiger partial charge in [-0.1, -0.05) is 44.2 Å². The Bertz CT molecular complexity index is 406. The summed E-state index contributed by atoms with van der Waals surface area (Å²) < 4.78 is 0. The van der Waals surface area contributed by atoms with Gasteiger partial charge in [-0.05, 0) is 37.6 Å². The van der Waals surface area contributed by atoms with Crippen molar-refractivity contribution in [3.8, 4) is 0 Å². The maximum atomic E-state index is 12.3. The van der Waals surface area contributed by atoms with Crippen LogP contribution in [0.1, 0.15) is 50.5 Å². The second kappa shape index (κ2) is 8.05. The van der Waals surface area contributed by atoms with Crippen molar-refractivity contribution in [2.75, 3.05) is 12.4 Å². The monoisotopic (exact) mass is 274 g/mol. The molecule has 0 aromatic heterocycles. The third kappa shape index (κ3) is 4.64. The van der Waals surface area contributed by atoms with Crippen molar-refractivity contribution in [1.29, 1.82) is 0 Å². The van der Waals surface area contributed by atoms with Crippen molar-refractivity contribution >= 4 is 11.6 Å².